The van der Waals surface area contributed by atoms with E-state index in [4.69, 9.17) is 0 Å². The van der Waals surface area contributed by atoms with Crippen molar-refractivity contribution in [2.75, 3.05) is 5.32 Å². The third kappa shape index (κ3) is 3.69. The number of rotatable bonds is 4. The number of aromatic nitrogens is 2. The van der Waals surface area contributed by atoms with E-state index in [-0.39, 0.29) is 5.75 Å². The van der Waals surface area contributed by atoms with Crippen LogP contribution in [0.5, 0.6) is 5.75 Å². The Morgan fingerprint density at radius 3 is 2.70 bits per heavy atom. The fourth-order valence-electron chi connectivity index (χ4n) is 2.78. The predicted molar refractivity (Wildman–Crippen MR) is 89.2 cm³/mol. The van der Waals surface area contributed by atoms with Crippen molar-refractivity contribution in [3.8, 4) is 11.8 Å². The first-order chi connectivity index (χ1) is 11.3. The molecule has 1 aliphatic rings. The molecule has 3 N–H and O–H groups in total. The molecule has 6 heteroatoms. The fraction of sp³-hybridized carbons (Fsp3) is 0.353. The molecule has 0 radical (unpaired) electrons. The summed E-state index contributed by atoms with van der Waals surface area (Å²) in [5.41, 5.74) is 1.27. The molecule has 1 aliphatic carbocycles. The molecule has 1 aromatic heterocycles. The second kappa shape index (κ2) is 6.97. The Kier molecular flexibility index (Phi) is 4.57. The van der Waals surface area contributed by atoms with Crippen LogP contribution in [0.4, 0.5) is 11.6 Å². The van der Waals surface area contributed by atoms with Gasteiger partial charge in [-0.25, -0.2) is 4.99 Å². The number of hydrogen-bond donors (Lipinski definition) is 3. The average molecular weight is 309 g/mol. The van der Waals surface area contributed by atoms with Crippen LogP contribution in [-0.4, -0.2) is 27.6 Å². The fourth-order valence-corrected chi connectivity index (χ4v) is 2.78. The van der Waals surface area contributed by atoms with Gasteiger partial charge in [-0.2, -0.15) is 10.4 Å². The number of benzene rings is 1. The molecule has 0 saturated heterocycles. The van der Waals surface area contributed by atoms with Gasteiger partial charge in [-0.15, -0.1) is 0 Å². The normalized spacial score (nSPS) is 15.6. The number of hydrogen-bond acceptors (Lipinski definition) is 5. The summed E-state index contributed by atoms with van der Waals surface area (Å²) in [6.45, 7) is 0. The van der Waals surface area contributed by atoms with E-state index < -0.39 is 0 Å². The molecule has 0 unspecified atom stereocenters. The van der Waals surface area contributed by atoms with Crippen LogP contribution >= 0.6 is 0 Å². The molecule has 23 heavy (non-hydrogen) atoms. The van der Waals surface area contributed by atoms with Gasteiger partial charge in [0, 0.05) is 12.3 Å². The van der Waals surface area contributed by atoms with E-state index in [2.05, 4.69) is 26.6 Å². The van der Waals surface area contributed by atoms with E-state index in [1.807, 2.05) is 0 Å². The van der Waals surface area contributed by atoms with Crippen LogP contribution in [0, 0.1) is 11.3 Å². The Hall–Kier alpha value is -2.81. The average Bonchev–Trinajstić information content (AvgIpc) is 2.97. The minimum atomic E-state index is 0.209. The second-order valence-electron chi connectivity index (χ2n) is 5.74. The molecule has 1 fully saturated rings. The summed E-state index contributed by atoms with van der Waals surface area (Å²) < 4.78 is 0. The highest BCUT2D eigenvalue weighted by atomic mass is 16.3. The Morgan fingerprint density at radius 1 is 1.26 bits per heavy atom. The molecule has 0 bridgehead atoms. The number of phenols is 1. The van der Waals surface area contributed by atoms with Gasteiger partial charge in [0.1, 0.15) is 17.4 Å². The number of nitrogens with one attached hydrogen (secondary N) is 2. The van der Waals surface area contributed by atoms with Crippen LogP contribution < -0.4 is 5.32 Å². The van der Waals surface area contributed by atoms with Crippen LogP contribution in [0.25, 0.3) is 0 Å². The second-order valence-corrected chi connectivity index (χ2v) is 5.74. The predicted octanol–water partition coefficient (Wildman–Crippen LogP) is 3.48. The van der Waals surface area contributed by atoms with Crippen molar-refractivity contribution in [3.05, 3.63) is 35.4 Å². The quantitative estimate of drug-likeness (QED) is 0.753. The third-order valence-corrected chi connectivity index (χ3v) is 4.04. The maximum absolute atomic E-state index is 9.39. The third-order valence-electron chi connectivity index (χ3n) is 4.04. The lowest BCUT2D eigenvalue weighted by molar-refractivity contribution is 0.462. The molecule has 1 heterocycles. The highest BCUT2D eigenvalue weighted by Crippen LogP contribution is 2.26. The van der Waals surface area contributed by atoms with Crippen LogP contribution in [0.3, 0.4) is 0 Å². The number of H-pyrrole nitrogens is 1. The van der Waals surface area contributed by atoms with Gasteiger partial charge >= 0.3 is 0 Å². The van der Waals surface area contributed by atoms with Gasteiger partial charge in [-0.1, -0.05) is 19.3 Å². The maximum Gasteiger partial charge on any atom is 0.168 e. The van der Waals surface area contributed by atoms with Crippen molar-refractivity contribution in [1.82, 2.24) is 10.2 Å². The van der Waals surface area contributed by atoms with Crippen molar-refractivity contribution in [3.63, 3.8) is 0 Å². The summed E-state index contributed by atoms with van der Waals surface area (Å²) in [5, 5.41) is 29.0. The van der Waals surface area contributed by atoms with Crippen LogP contribution in [0.1, 0.15) is 43.2 Å². The zero-order valence-electron chi connectivity index (χ0n) is 12.8. The molecule has 0 spiro atoms. The van der Waals surface area contributed by atoms with Gasteiger partial charge in [0.15, 0.2) is 11.6 Å². The summed E-state index contributed by atoms with van der Waals surface area (Å²) in [6, 6.07) is 9.24. The highest BCUT2D eigenvalue weighted by molar-refractivity contribution is 5.83. The lowest BCUT2D eigenvalue weighted by Crippen LogP contribution is -2.22. The molecule has 118 valence electrons. The zero-order valence-corrected chi connectivity index (χ0v) is 12.8. The summed E-state index contributed by atoms with van der Waals surface area (Å²) >= 11 is 0. The first-order valence-corrected chi connectivity index (χ1v) is 7.84. The summed E-state index contributed by atoms with van der Waals surface area (Å²) in [5.74, 6) is 1.23. The van der Waals surface area contributed by atoms with Crippen molar-refractivity contribution in [2.45, 2.75) is 38.1 Å². The van der Waals surface area contributed by atoms with Gasteiger partial charge in [0.05, 0.1) is 0 Å². The van der Waals surface area contributed by atoms with E-state index in [9.17, 15) is 10.4 Å². The smallest absolute Gasteiger partial charge is 0.168 e. The number of anilines is 1. The Bertz CT molecular complexity index is 720. The topological polar surface area (TPSA) is 97.1 Å². The first-order valence-electron chi connectivity index (χ1n) is 7.84. The van der Waals surface area contributed by atoms with Crippen molar-refractivity contribution in [2.24, 2.45) is 4.99 Å². The van der Waals surface area contributed by atoms with Crippen LogP contribution in [0.2, 0.25) is 0 Å². The van der Waals surface area contributed by atoms with Crippen LogP contribution in [-0.2, 0) is 0 Å². The number of nitrogens with zero attached hydrogens (tertiary/aromatic N) is 3. The molecule has 1 saturated carbocycles. The number of aromatic amines is 1. The minimum absolute atomic E-state index is 0.209. The zero-order chi connectivity index (χ0) is 16.1. The SMILES string of the molecule is N#Cc1c(NC2CCCCC2)n[nH]c1N=Cc1ccc(O)cc1. The summed E-state index contributed by atoms with van der Waals surface area (Å²) in [6.07, 6.45) is 7.59. The minimum Gasteiger partial charge on any atom is -0.508 e. The lowest BCUT2D eigenvalue weighted by atomic mass is 9.95. The summed E-state index contributed by atoms with van der Waals surface area (Å²) in [7, 11) is 0. The van der Waals surface area contributed by atoms with Gasteiger partial charge in [-0.3, -0.25) is 5.10 Å². The molecule has 0 aliphatic heterocycles. The largest absolute Gasteiger partial charge is 0.508 e. The van der Waals surface area contributed by atoms with E-state index in [1.165, 1.54) is 19.3 Å². The van der Waals surface area contributed by atoms with E-state index >= 15 is 0 Å². The molecular formula is C17H19N5O. The van der Waals surface area contributed by atoms with E-state index in [1.54, 1.807) is 30.5 Å². The van der Waals surface area contributed by atoms with E-state index in [0.29, 0.717) is 23.2 Å². The van der Waals surface area contributed by atoms with Gasteiger partial charge in [-0.05, 0) is 42.7 Å². The molecule has 2 aromatic rings. The van der Waals surface area contributed by atoms with Gasteiger partial charge in [0.2, 0.25) is 0 Å². The molecule has 0 atom stereocenters. The maximum atomic E-state index is 9.39. The van der Waals surface area contributed by atoms with Crippen molar-refractivity contribution >= 4 is 17.9 Å². The number of aliphatic imine (C=N–C) groups is 1. The Morgan fingerprint density at radius 2 is 2.00 bits per heavy atom. The van der Waals surface area contributed by atoms with Crippen molar-refractivity contribution in [1.29, 1.82) is 5.26 Å². The highest BCUT2D eigenvalue weighted by Gasteiger charge is 2.18. The number of nitriles is 1. The van der Waals surface area contributed by atoms with Crippen molar-refractivity contribution < 1.29 is 5.11 Å². The molecule has 3 rings (SSSR count). The molecular weight excluding hydrogens is 290 g/mol. The number of aromatic hydroxyl groups is 1. The monoisotopic (exact) mass is 309 g/mol. The summed E-state index contributed by atoms with van der Waals surface area (Å²) in [4.78, 5) is 4.30. The Labute approximate surface area is 134 Å². The molecule has 1 aromatic carbocycles. The Balaban J connectivity index is 1.75. The first kappa shape index (κ1) is 15.1. The molecule has 6 nitrogen and oxygen atoms in total. The van der Waals surface area contributed by atoms with Gasteiger partial charge in [0.25, 0.3) is 0 Å². The van der Waals surface area contributed by atoms with Gasteiger partial charge < -0.3 is 10.4 Å². The lowest BCUT2D eigenvalue weighted by Gasteiger charge is -2.22. The molecule has 0 amide bonds. The van der Waals surface area contributed by atoms with E-state index in [0.717, 1.165) is 18.4 Å². The number of phenolic OH excluding ortho intramolecular Hbond substituents is 1. The van der Waals surface area contributed by atoms with Crippen LogP contribution in [0.15, 0.2) is 29.3 Å². The standard InChI is InChI=1S/C17H19N5O/c18-10-15-16(19-11-12-6-8-14(23)9-7-12)21-22-17(15)20-13-4-2-1-3-5-13/h6-9,11,13,23H,1-5H2,(H2,20,21,22).